The van der Waals surface area contributed by atoms with Crippen LogP contribution in [0.3, 0.4) is 0 Å². The number of rotatable bonds is 5. The van der Waals surface area contributed by atoms with E-state index >= 15 is 0 Å². The van der Waals surface area contributed by atoms with Crippen molar-refractivity contribution in [1.82, 2.24) is 0 Å². The van der Waals surface area contributed by atoms with Gasteiger partial charge in [0.05, 0.1) is 19.2 Å². The highest BCUT2D eigenvalue weighted by atomic mass is 16.5. The Morgan fingerprint density at radius 1 is 1.22 bits per heavy atom. The number of ketones is 1. The number of carbonyl (C=O) groups excluding carboxylic acids is 3. The van der Waals surface area contributed by atoms with Crippen LogP contribution in [0.4, 0.5) is 11.4 Å². The van der Waals surface area contributed by atoms with Gasteiger partial charge in [-0.3, -0.25) is 14.4 Å². The smallest absolute Gasteiger partial charge is 0.265 e. The molecular formula is C20H20N2O5. The molecule has 27 heavy (non-hydrogen) atoms. The van der Waals surface area contributed by atoms with Gasteiger partial charge in [-0.1, -0.05) is 0 Å². The third-order valence-electron chi connectivity index (χ3n) is 4.23. The quantitative estimate of drug-likeness (QED) is 0.792. The maximum Gasteiger partial charge on any atom is 0.265 e. The fraction of sp³-hybridized carbons (Fsp3) is 0.250. The second-order valence-electron chi connectivity index (χ2n) is 6.27. The monoisotopic (exact) mass is 368 g/mol. The number of carbonyl (C=O) groups is 3. The Morgan fingerprint density at radius 3 is 2.70 bits per heavy atom. The number of amides is 2. The van der Waals surface area contributed by atoms with Gasteiger partial charge in [-0.25, -0.2) is 0 Å². The lowest BCUT2D eigenvalue weighted by molar-refractivity contribution is -0.122. The molecule has 1 atom stereocenters. The Kier molecular flexibility index (Phi) is 5.12. The van der Waals surface area contributed by atoms with Crippen LogP contribution in [0.25, 0.3) is 0 Å². The zero-order valence-corrected chi connectivity index (χ0v) is 15.3. The summed E-state index contributed by atoms with van der Waals surface area (Å²) in [6.07, 6.45) is -0.514. The average Bonchev–Trinajstić information content (AvgIpc) is 2.62. The molecule has 0 aromatic heterocycles. The number of nitrogens with one attached hydrogen (secondary N) is 2. The summed E-state index contributed by atoms with van der Waals surface area (Å²) in [6, 6.07) is 10.0. The lowest BCUT2D eigenvalue weighted by Gasteiger charge is -2.23. The van der Waals surface area contributed by atoms with Crippen molar-refractivity contribution in [1.29, 1.82) is 0 Å². The van der Waals surface area contributed by atoms with E-state index in [1.807, 2.05) is 0 Å². The van der Waals surface area contributed by atoms with Crippen LogP contribution in [0.2, 0.25) is 0 Å². The molecule has 1 aliphatic heterocycles. The van der Waals surface area contributed by atoms with Crippen LogP contribution in [0.5, 0.6) is 11.5 Å². The summed E-state index contributed by atoms with van der Waals surface area (Å²) >= 11 is 0. The zero-order valence-electron chi connectivity index (χ0n) is 15.3. The molecule has 1 aliphatic rings. The van der Waals surface area contributed by atoms with Gasteiger partial charge in [0.2, 0.25) is 5.91 Å². The number of anilines is 2. The van der Waals surface area contributed by atoms with Crippen molar-refractivity contribution >= 4 is 29.0 Å². The molecule has 0 saturated heterocycles. The van der Waals surface area contributed by atoms with Crippen molar-refractivity contribution in [2.75, 3.05) is 17.7 Å². The van der Waals surface area contributed by atoms with Crippen LogP contribution >= 0.6 is 0 Å². The lowest BCUT2D eigenvalue weighted by Crippen LogP contribution is -2.34. The molecule has 7 heteroatoms. The molecule has 7 nitrogen and oxygen atoms in total. The molecule has 0 fully saturated rings. The second-order valence-corrected chi connectivity index (χ2v) is 6.27. The van der Waals surface area contributed by atoms with Crippen molar-refractivity contribution in [3.05, 3.63) is 47.5 Å². The number of methoxy groups -OCH3 is 1. The van der Waals surface area contributed by atoms with E-state index in [-0.39, 0.29) is 24.0 Å². The number of Topliss-reactive ketones (excluding diaryl/α,β-unsaturated/α-hetero) is 1. The molecule has 2 aromatic carbocycles. The molecule has 0 bridgehead atoms. The molecule has 0 radical (unpaired) electrons. The molecular weight excluding hydrogens is 348 g/mol. The first-order chi connectivity index (χ1) is 12.9. The minimum absolute atomic E-state index is 0.0429. The third-order valence-corrected chi connectivity index (χ3v) is 4.23. The molecule has 1 heterocycles. The van der Waals surface area contributed by atoms with E-state index in [1.165, 1.54) is 14.0 Å². The first kappa shape index (κ1) is 18.4. The summed E-state index contributed by atoms with van der Waals surface area (Å²) in [5.41, 5.74) is 2.17. The highest BCUT2D eigenvalue weighted by Gasteiger charge is 2.23. The van der Waals surface area contributed by atoms with E-state index in [0.717, 1.165) is 0 Å². The molecule has 2 amide bonds. The Morgan fingerprint density at radius 2 is 2.00 bits per heavy atom. The largest absolute Gasteiger partial charge is 0.496 e. The van der Waals surface area contributed by atoms with Gasteiger partial charge in [0, 0.05) is 16.8 Å². The summed E-state index contributed by atoms with van der Waals surface area (Å²) in [6.45, 7) is 3.13. The molecule has 1 unspecified atom stereocenters. The lowest BCUT2D eigenvalue weighted by atomic mass is 10.0. The van der Waals surface area contributed by atoms with Gasteiger partial charge in [0.15, 0.2) is 11.9 Å². The minimum Gasteiger partial charge on any atom is -0.496 e. The Bertz CT molecular complexity index is 923. The van der Waals surface area contributed by atoms with Crippen LogP contribution in [-0.4, -0.2) is 30.8 Å². The highest BCUT2D eigenvalue weighted by molar-refractivity contribution is 5.99. The van der Waals surface area contributed by atoms with Gasteiger partial charge in [0.25, 0.3) is 5.91 Å². The topological polar surface area (TPSA) is 93.7 Å². The van der Waals surface area contributed by atoms with Gasteiger partial charge in [0.1, 0.15) is 11.5 Å². The Balaban J connectivity index is 1.75. The van der Waals surface area contributed by atoms with E-state index in [9.17, 15) is 14.4 Å². The van der Waals surface area contributed by atoms with Crippen LogP contribution < -0.4 is 20.1 Å². The van der Waals surface area contributed by atoms with Crippen molar-refractivity contribution in [2.24, 2.45) is 0 Å². The predicted octanol–water partition coefficient (Wildman–Crippen LogP) is 2.80. The van der Waals surface area contributed by atoms with E-state index in [0.29, 0.717) is 34.0 Å². The van der Waals surface area contributed by atoms with Crippen LogP contribution in [0, 0.1) is 0 Å². The average molecular weight is 368 g/mol. The van der Waals surface area contributed by atoms with Crippen molar-refractivity contribution in [3.8, 4) is 11.5 Å². The normalized spacial score (nSPS) is 15.2. The molecule has 0 saturated carbocycles. The number of hydrogen-bond donors (Lipinski definition) is 2. The maximum absolute atomic E-state index is 12.4. The van der Waals surface area contributed by atoms with Gasteiger partial charge >= 0.3 is 0 Å². The van der Waals surface area contributed by atoms with Gasteiger partial charge in [-0.2, -0.15) is 0 Å². The predicted molar refractivity (Wildman–Crippen MR) is 100 cm³/mol. The number of fused-ring (bicyclic) bond motifs is 1. The van der Waals surface area contributed by atoms with E-state index in [1.54, 1.807) is 43.3 Å². The summed E-state index contributed by atoms with van der Waals surface area (Å²) < 4.78 is 10.8. The van der Waals surface area contributed by atoms with Gasteiger partial charge in [-0.05, 0) is 50.2 Å². The van der Waals surface area contributed by atoms with E-state index in [2.05, 4.69) is 10.6 Å². The van der Waals surface area contributed by atoms with E-state index in [4.69, 9.17) is 9.47 Å². The zero-order chi connectivity index (χ0) is 19.6. The molecule has 0 spiro atoms. The fourth-order valence-electron chi connectivity index (χ4n) is 2.80. The summed E-state index contributed by atoms with van der Waals surface area (Å²) in [5.74, 6) is 0.493. The Labute approximate surface area is 156 Å². The summed E-state index contributed by atoms with van der Waals surface area (Å²) in [4.78, 5) is 35.7. The number of ether oxygens (including phenoxy) is 2. The molecule has 3 rings (SSSR count). The molecule has 2 N–H and O–H groups in total. The van der Waals surface area contributed by atoms with E-state index < -0.39 is 6.10 Å². The first-order valence-corrected chi connectivity index (χ1v) is 8.46. The Hall–Kier alpha value is -3.35. The number of benzene rings is 2. The fourth-order valence-corrected chi connectivity index (χ4v) is 2.80. The van der Waals surface area contributed by atoms with Crippen LogP contribution in [-0.2, 0) is 16.0 Å². The highest BCUT2D eigenvalue weighted by Crippen LogP contribution is 2.32. The SMILES string of the molecule is COc1ccc(C(C)=O)cc1CC(=O)Nc1ccc2c(c1)NC(=O)C(C)O2. The maximum atomic E-state index is 12.4. The van der Waals surface area contributed by atoms with Gasteiger partial charge in [-0.15, -0.1) is 0 Å². The van der Waals surface area contributed by atoms with Crippen molar-refractivity contribution in [2.45, 2.75) is 26.4 Å². The molecule has 0 aliphatic carbocycles. The standard InChI is InChI=1S/C20H20N2O5/c1-11(23)13-4-6-17(26-3)14(8-13)9-19(24)21-15-5-7-18-16(10-15)22-20(25)12(2)27-18/h4-8,10,12H,9H2,1-3H3,(H,21,24)(H,22,25). The first-order valence-electron chi connectivity index (χ1n) is 8.46. The molecule has 140 valence electrons. The van der Waals surface area contributed by atoms with Crippen molar-refractivity contribution < 1.29 is 23.9 Å². The summed E-state index contributed by atoms with van der Waals surface area (Å²) in [5, 5.41) is 5.52. The van der Waals surface area contributed by atoms with Crippen LogP contribution in [0.15, 0.2) is 36.4 Å². The third kappa shape index (κ3) is 4.08. The minimum atomic E-state index is -0.557. The molecule has 2 aromatic rings. The second kappa shape index (κ2) is 7.49. The van der Waals surface area contributed by atoms with Crippen LogP contribution in [0.1, 0.15) is 29.8 Å². The number of hydrogen-bond acceptors (Lipinski definition) is 5. The summed E-state index contributed by atoms with van der Waals surface area (Å²) in [7, 11) is 1.51. The van der Waals surface area contributed by atoms with Crippen molar-refractivity contribution in [3.63, 3.8) is 0 Å². The van der Waals surface area contributed by atoms with Gasteiger partial charge < -0.3 is 20.1 Å².